The molecule has 13 heteroatoms. The van der Waals surface area contributed by atoms with Gasteiger partial charge in [0.1, 0.15) is 10.8 Å². The molecular weight excluding hydrogens is 581 g/mol. The van der Waals surface area contributed by atoms with Crippen LogP contribution >= 0.6 is 11.9 Å². The van der Waals surface area contributed by atoms with E-state index in [1.807, 2.05) is 19.1 Å². The van der Waals surface area contributed by atoms with E-state index in [1.54, 1.807) is 24.4 Å². The predicted molar refractivity (Wildman–Crippen MR) is 156 cm³/mol. The molecule has 9 nitrogen and oxygen atoms in total. The first-order valence-corrected chi connectivity index (χ1v) is 15.4. The van der Waals surface area contributed by atoms with E-state index in [0.29, 0.717) is 40.6 Å². The van der Waals surface area contributed by atoms with Crippen molar-refractivity contribution in [2.75, 3.05) is 24.7 Å². The Labute approximate surface area is 252 Å². The molecule has 43 heavy (non-hydrogen) atoms. The molecule has 0 unspecified atom stereocenters. The van der Waals surface area contributed by atoms with Crippen LogP contribution in [0.25, 0.3) is 5.82 Å². The van der Waals surface area contributed by atoms with Crippen LogP contribution in [-0.4, -0.2) is 57.1 Å². The molecule has 1 aliphatic carbocycles. The number of hydrogen-bond donors (Lipinski definition) is 1. The van der Waals surface area contributed by atoms with Crippen molar-refractivity contribution in [2.45, 2.75) is 76.0 Å². The molecule has 3 aromatic heterocycles. The second-order valence-corrected chi connectivity index (χ2v) is 13.1. The predicted octanol–water partition coefficient (Wildman–Crippen LogP) is 6.30. The molecule has 1 amide bonds. The summed E-state index contributed by atoms with van der Waals surface area (Å²) in [5.74, 6) is 1.89. The number of anilines is 1. The molecule has 6 rings (SSSR count). The Hall–Kier alpha value is -3.48. The van der Waals surface area contributed by atoms with Crippen molar-refractivity contribution < 1.29 is 27.4 Å². The summed E-state index contributed by atoms with van der Waals surface area (Å²) in [5.41, 5.74) is -0.512. The number of ether oxygens (including phenoxy) is 2. The van der Waals surface area contributed by atoms with Crippen molar-refractivity contribution in [1.82, 2.24) is 24.5 Å². The van der Waals surface area contributed by atoms with Gasteiger partial charge in [-0.05, 0) is 83.4 Å². The van der Waals surface area contributed by atoms with Gasteiger partial charge in [0.2, 0.25) is 11.8 Å². The van der Waals surface area contributed by atoms with Gasteiger partial charge in [-0.25, -0.2) is 14.6 Å². The van der Waals surface area contributed by atoms with Gasteiger partial charge in [-0.15, -0.1) is 5.10 Å². The number of carbonyl (C=O) groups excluding carboxylic acids is 1. The number of fused-ring (bicyclic) bond motifs is 6. The van der Waals surface area contributed by atoms with Crippen molar-refractivity contribution in [2.24, 2.45) is 11.3 Å². The van der Waals surface area contributed by atoms with Gasteiger partial charge in [0.05, 0.1) is 24.2 Å². The summed E-state index contributed by atoms with van der Waals surface area (Å²) < 4.78 is 55.8. The average molecular weight is 617 g/mol. The minimum atomic E-state index is -4.21. The summed E-state index contributed by atoms with van der Waals surface area (Å²) >= 11 is 1.12. The van der Waals surface area contributed by atoms with Crippen LogP contribution in [0.4, 0.5) is 19.0 Å². The van der Waals surface area contributed by atoms with Crippen LogP contribution in [0.3, 0.4) is 0 Å². The molecule has 4 bridgehead atoms. The normalized spacial score (nSPS) is 21.2. The van der Waals surface area contributed by atoms with Gasteiger partial charge in [-0.2, -0.15) is 13.2 Å². The number of amides is 1. The molecular formula is C30H35F3N6O3S. The molecule has 0 spiro atoms. The van der Waals surface area contributed by atoms with Crippen LogP contribution in [0, 0.1) is 18.3 Å². The highest BCUT2D eigenvalue weighted by Gasteiger charge is 2.62. The van der Waals surface area contributed by atoms with Crippen LogP contribution in [0.15, 0.2) is 41.6 Å². The van der Waals surface area contributed by atoms with Crippen molar-refractivity contribution in [3.05, 3.63) is 47.7 Å². The van der Waals surface area contributed by atoms with E-state index in [1.165, 1.54) is 4.68 Å². The summed E-state index contributed by atoms with van der Waals surface area (Å²) in [6.45, 7) is 7.48. The van der Waals surface area contributed by atoms with Crippen molar-refractivity contribution in [3.63, 3.8) is 0 Å². The zero-order chi connectivity index (χ0) is 30.4. The fraction of sp³-hybridized carbons (Fsp3) is 0.533. The third-order valence-electron chi connectivity index (χ3n) is 8.67. The molecule has 0 aromatic carbocycles. The molecule has 1 atom stereocenters. The average Bonchev–Trinajstić information content (AvgIpc) is 3.51. The Morgan fingerprint density at radius 3 is 2.74 bits per heavy atom. The van der Waals surface area contributed by atoms with E-state index in [0.717, 1.165) is 43.3 Å². The summed E-state index contributed by atoms with van der Waals surface area (Å²) in [7, 11) is 0. The number of nitrogens with one attached hydrogen (secondary N) is 1. The minimum Gasteiger partial charge on any atom is -0.477 e. The number of halogens is 3. The van der Waals surface area contributed by atoms with Crippen LogP contribution in [0.2, 0.25) is 0 Å². The SMILES string of the molecule is Cc1ccc2nc1OCCC[C@@H]1CN(c3nc(-n4ccc(OCCC5(C(F)(F)F)CC5)n4)ccc3C(=O)NS2)C(C)(C)C1. The Morgan fingerprint density at radius 1 is 1.16 bits per heavy atom. The van der Waals surface area contributed by atoms with E-state index < -0.39 is 11.6 Å². The molecule has 230 valence electrons. The third kappa shape index (κ3) is 6.13. The maximum atomic E-state index is 13.5. The van der Waals surface area contributed by atoms with E-state index >= 15 is 0 Å². The third-order valence-corrected chi connectivity index (χ3v) is 9.40. The molecule has 1 saturated heterocycles. The lowest BCUT2D eigenvalue weighted by Crippen LogP contribution is -2.40. The summed E-state index contributed by atoms with van der Waals surface area (Å²) in [4.78, 5) is 25.2. The minimum absolute atomic E-state index is 0.0717. The maximum Gasteiger partial charge on any atom is 0.394 e. The smallest absolute Gasteiger partial charge is 0.394 e. The number of aromatic nitrogens is 4. The van der Waals surface area contributed by atoms with E-state index in [9.17, 15) is 18.0 Å². The summed E-state index contributed by atoms with van der Waals surface area (Å²) in [6.07, 6.45) is 0.406. The highest BCUT2D eigenvalue weighted by molar-refractivity contribution is 7.97. The van der Waals surface area contributed by atoms with Crippen LogP contribution in [0.1, 0.15) is 68.3 Å². The monoisotopic (exact) mass is 616 g/mol. The lowest BCUT2D eigenvalue weighted by molar-refractivity contribution is -0.190. The first-order valence-electron chi connectivity index (χ1n) is 14.6. The number of nitrogens with zero attached hydrogens (tertiary/aromatic N) is 5. The fourth-order valence-corrected chi connectivity index (χ4v) is 6.55. The van der Waals surface area contributed by atoms with Crippen LogP contribution in [-0.2, 0) is 0 Å². The van der Waals surface area contributed by atoms with E-state index in [2.05, 4.69) is 33.6 Å². The number of carbonyl (C=O) groups is 1. The molecule has 5 heterocycles. The molecule has 1 saturated carbocycles. The molecule has 1 N–H and O–H groups in total. The molecule has 3 aliphatic rings. The molecule has 3 aromatic rings. The van der Waals surface area contributed by atoms with Gasteiger partial charge in [0, 0.05) is 41.9 Å². The number of pyridine rings is 2. The number of hydrogen-bond acceptors (Lipinski definition) is 8. The Morgan fingerprint density at radius 2 is 1.98 bits per heavy atom. The Balaban J connectivity index is 1.26. The van der Waals surface area contributed by atoms with Gasteiger partial charge in [0.25, 0.3) is 5.91 Å². The van der Waals surface area contributed by atoms with Crippen molar-refractivity contribution in [1.29, 1.82) is 0 Å². The number of rotatable bonds is 5. The lowest BCUT2D eigenvalue weighted by atomic mass is 9.93. The highest BCUT2D eigenvalue weighted by Crippen LogP contribution is 2.59. The second-order valence-electron chi connectivity index (χ2n) is 12.3. The number of alkyl halides is 3. The van der Waals surface area contributed by atoms with Crippen molar-refractivity contribution >= 4 is 23.7 Å². The standard InChI is InChI=1S/C30H35F3N6O3S/c1-19-6-9-24-35-27(19)42-15-4-5-20-17-28(2,3)38(18-20)25-21(26(40)37-43-24)7-8-22(34-25)39-14-10-23(36-39)41-16-13-29(11-12-29)30(31,32)33/h6-10,14,20H,4-5,11-13,15-18H2,1-3H3,(H,37,40)/t20-/m0/s1. The molecule has 2 fully saturated rings. The zero-order valence-electron chi connectivity index (χ0n) is 24.4. The molecule has 2 aliphatic heterocycles. The van der Waals surface area contributed by atoms with Gasteiger partial charge >= 0.3 is 6.18 Å². The quantitative estimate of drug-likeness (QED) is 0.334. The first-order chi connectivity index (χ1) is 20.4. The highest BCUT2D eigenvalue weighted by atomic mass is 32.2. The first kappa shape index (κ1) is 29.6. The Kier molecular flexibility index (Phi) is 7.72. The van der Waals surface area contributed by atoms with E-state index in [4.69, 9.17) is 14.5 Å². The topological polar surface area (TPSA) is 94.4 Å². The lowest BCUT2D eigenvalue weighted by Gasteiger charge is -2.34. The fourth-order valence-electron chi connectivity index (χ4n) is 5.98. The summed E-state index contributed by atoms with van der Waals surface area (Å²) in [6, 6.07) is 8.80. The maximum absolute atomic E-state index is 13.5. The second kappa shape index (κ2) is 11.2. The zero-order valence-corrected chi connectivity index (χ0v) is 25.2. The van der Waals surface area contributed by atoms with Gasteiger partial charge in [0.15, 0.2) is 5.82 Å². The van der Waals surface area contributed by atoms with Crippen LogP contribution < -0.4 is 19.1 Å². The number of aryl methyl sites for hydroxylation is 1. The Bertz CT molecular complexity index is 1510. The molecule has 0 radical (unpaired) electrons. The largest absolute Gasteiger partial charge is 0.477 e. The van der Waals surface area contributed by atoms with Gasteiger partial charge < -0.3 is 14.4 Å². The van der Waals surface area contributed by atoms with Gasteiger partial charge in [-0.3, -0.25) is 9.52 Å². The summed E-state index contributed by atoms with van der Waals surface area (Å²) in [5, 5.41) is 5.03. The van der Waals surface area contributed by atoms with E-state index in [-0.39, 0.29) is 43.2 Å². The van der Waals surface area contributed by atoms with Crippen LogP contribution in [0.5, 0.6) is 11.8 Å². The van der Waals surface area contributed by atoms with Gasteiger partial charge in [-0.1, -0.05) is 6.07 Å². The van der Waals surface area contributed by atoms with Crippen molar-refractivity contribution in [3.8, 4) is 17.6 Å².